The van der Waals surface area contributed by atoms with Gasteiger partial charge in [-0.3, -0.25) is 0 Å². The van der Waals surface area contributed by atoms with Crippen molar-refractivity contribution >= 4 is 23.5 Å². The normalized spacial score (nSPS) is 15.0. The van der Waals surface area contributed by atoms with Gasteiger partial charge in [-0.05, 0) is 56.2 Å². The van der Waals surface area contributed by atoms with E-state index in [4.69, 9.17) is 0 Å². The number of anilines is 1. The van der Waals surface area contributed by atoms with Crippen molar-refractivity contribution in [1.29, 1.82) is 0 Å². The summed E-state index contributed by atoms with van der Waals surface area (Å²) in [6.45, 7) is 5.80. The smallest absolute Gasteiger partial charge is 0.319 e. The third kappa shape index (κ3) is 5.01. The highest BCUT2D eigenvalue weighted by atomic mass is 32.2. The van der Waals surface area contributed by atoms with E-state index in [0.717, 1.165) is 43.1 Å². The van der Waals surface area contributed by atoms with Gasteiger partial charge in [-0.25, -0.2) is 9.78 Å². The summed E-state index contributed by atoms with van der Waals surface area (Å²) in [5, 5.41) is 5.94. The van der Waals surface area contributed by atoms with Crippen LogP contribution in [0, 0.1) is 12.3 Å². The average molecular weight is 359 g/mol. The summed E-state index contributed by atoms with van der Waals surface area (Å²) in [4.78, 5) is 17.7. The van der Waals surface area contributed by atoms with E-state index in [0.29, 0.717) is 6.54 Å². The molecule has 2 aromatic rings. The van der Waals surface area contributed by atoms with Crippen LogP contribution in [0.2, 0.25) is 0 Å². The van der Waals surface area contributed by atoms with E-state index >= 15 is 0 Å². The molecule has 0 radical (unpaired) electrons. The predicted octanol–water partition coefficient (Wildman–Crippen LogP) is 4.30. The Hall–Kier alpha value is -1.95. The fraction of sp³-hybridized carbons (Fsp3) is 0.474. The maximum Gasteiger partial charge on any atom is 0.319 e. The first-order chi connectivity index (χ1) is 12.1. The Bertz CT molecular complexity index is 706. The first-order valence-electron chi connectivity index (χ1n) is 8.86. The van der Waals surface area contributed by atoms with Crippen molar-refractivity contribution in [2.45, 2.75) is 44.6 Å². The number of amides is 2. The number of nitrogens with zero attached hydrogens (tertiary/aromatic N) is 2. The first-order valence-corrected chi connectivity index (χ1v) is 9.84. The second kappa shape index (κ2) is 7.95. The third-order valence-electron chi connectivity index (χ3n) is 4.60. The lowest BCUT2D eigenvalue weighted by Crippen LogP contribution is -2.35. The summed E-state index contributed by atoms with van der Waals surface area (Å²) < 4.78 is 2.17. The summed E-state index contributed by atoms with van der Waals surface area (Å²) in [7, 11) is 0. The summed E-state index contributed by atoms with van der Waals surface area (Å²) >= 11 is 1.84. The van der Waals surface area contributed by atoms with Gasteiger partial charge in [-0.2, -0.15) is 0 Å². The maximum absolute atomic E-state index is 12.2. The molecule has 2 N–H and O–H groups in total. The fourth-order valence-corrected chi connectivity index (χ4v) is 3.57. The Morgan fingerprint density at radius 3 is 2.68 bits per heavy atom. The molecule has 1 aliphatic carbocycles. The highest BCUT2D eigenvalue weighted by Gasteiger charge is 2.43. The van der Waals surface area contributed by atoms with E-state index in [1.54, 1.807) is 0 Å². The summed E-state index contributed by atoms with van der Waals surface area (Å²) in [5.41, 5.74) is 1.01. The molecule has 0 atom stereocenters. The number of thioether (sulfide) groups is 1. The number of hydrogen-bond acceptors (Lipinski definition) is 3. The van der Waals surface area contributed by atoms with Crippen LogP contribution in [0.25, 0.3) is 0 Å². The van der Waals surface area contributed by atoms with Gasteiger partial charge in [-0.1, -0.05) is 6.92 Å². The van der Waals surface area contributed by atoms with Gasteiger partial charge >= 0.3 is 6.03 Å². The van der Waals surface area contributed by atoms with Crippen molar-refractivity contribution in [3.05, 3.63) is 42.5 Å². The second-order valence-corrected chi connectivity index (χ2v) is 7.95. The van der Waals surface area contributed by atoms with Crippen LogP contribution in [0.5, 0.6) is 0 Å². The second-order valence-electron chi connectivity index (χ2n) is 6.78. The molecule has 0 bridgehead atoms. The average Bonchev–Trinajstić information content (AvgIpc) is 3.27. The van der Waals surface area contributed by atoms with Gasteiger partial charge in [0.25, 0.3) is 0 Å². The number of rotatable bonds is 8. The molecule has 1 aliphatic rings. The summed E-state index contributed by atoms with van der Waals surface area (Å²) in [6, 6.07) is 7.89. The van der Waals surface area contributed by atoms with Gasteiger partial charge in [0.05, 0.1) is 0 Å². The Labute approximate surface area is 153 Å². The molecule has 0 aliphatic heterocycles. The van der Waals surface area contributed by atoms with Gasteiger partial charge in [0, 0.05) is 41.5 Å². The molecule has 1 fully saturated rings. The number of aryl methyl sites for hydroxylation is 1. The lowest BCUT2D eigenvalue weighted by molar-refractivity contribution is 0.248. The molecule has 2 amide bonds. The molecule has 0 spiro atoms. The van der Waals surface area contributed by atoms with Crippen LogP contribution < -0.4 is 10.6 Å². The van der Waals surface area contributed by atoms with Crippen molar-refractivity contribution in [1.82, 2.24) is 14.9 Å². The minimum atomic E-state index is -0.136. The zero-order valence-corrected chi connectivity index (χ0v) is 15.7. The Morgan fingerprint density at radius 1 is 1.32 bits per heavy atom. The highest BCUT2D eigenvalue weighted by molar-refractivity contribution is 7.99. The summed E-state index contributed by atoms with van der Waals surface area (Å²) in [6.07, 6.45) is 7.29. The monoisotopic (exact) mass is 358 g/mol. The van der Waals surface area contributed by atoms with Crippen molar-refractivity contribution in [3.63, 3.8) is 0 Å². The van der Waals surface area contributed by atoms with E-state index in [1.807, 2.05) is 43.2 Å². The molecule has 1 saturated carbocycles. The maximum atomic E-state index is 12.2. The van der Waals surface area contributed by atoms with E-state index in [1.165, 1.54) is 4.90 Å². The molecular weight excluding hydrogens is 332 g/mol. The molecule has 5 nitrogen and oxygen atoms in total. The minimum Gasteiger partial charge on any atom is -0.337 e. The van der Waals surface area contributed by atoms with Crippen LogP contribution in [0.3, 0.4) is 0 Å². The fourth-order valence-electron chi connectivity index (χ4n) is 2.80. The Kier molecular flexibility index (Phi) is 5.68. The van der Waals surface area contributed by atoms with Gasteiger partial charge in [0.2, 0.25) is 0 Å². The number of imidazole rings is 1. The van der Waals surface area contributed by atoms with Crippen molar-refractivity contribution in [3.8, 4) is 0 Å². The zero-order chi connectivity index (χ0) is 17.7. The Balaban J connectivity index is 1.46. The predicted molar refractivity (Wildman–Crippen MR) is 103 cm³/mol. The van der Waals surface area contributed by atoms with E-state index in [9.17, 15) is 4.79 Å². The highest BCUT2D eigenvalue weighted by Crippen LogP contribution is 2.46. The van der Waals surface area contributed by atoms with E-state index < -0.39 is 0 Å². The number of aromatic nitrogens is 2. The van der Waals surface area contributed by atoms with Crippen molar-refractivity contribution < 1.29 is 4.79 Å². The number of benzene rings is 1. The largest absolute Gasteiger partial charge is 0.337 e. The molecule has 6 heteroatoms. The number of hydrogen-bond donors (Lipinski definition) is 2. The van der Waals surface area contributed by atoms with E-state index in [-0.39, 0.29) is 11.4 Å². The van der Waals surface area contributed by atoms with Crippen molar-refractivity contribution in [2.75, 3.05) is 17.6 Å². The lowest BCUT2D eigenvalue weighted by Gasteiger charge is -2.18. The molecule has 134 valence electrons. The molecule has 1 aromatic heterocycles. The molecular formula is C19H26N4OS. The van der Waals surface area contributed by atoms with Gasteiger partial charge < -0.3 is 15.2 Å². The number of carbonyl (C=O) groups excluding carboxylic acids is 1. The minimum absolute atomic E-state index is 0.136. The SMILES string of the molecule is CCCSc1ccc(NC(=O)NCC2(Cn3ccnc3C)CC2)cc1. The van der Waals surface area contributed by atoms with Crippen LogP contribution in [-0.4, -0.2) is 27.9 Å². The number of nitrogens with one attached hydrogen (secondary N) is 2. The van der Waals surface area contributed by atoms with Crippen LogP contribution in [0.4, 0.5) is 10.5 Å². The lowest BCUT2D eigenvalue weighted by atomic mass is 10.1. The van der Waals surface area contributed by atoms with Crippen LogP contribution in [0.1, 0.15) is 32.0 Å². The van der Waals surface area contributed by atoms with Gasteiger partial charge in [0.15, 0.2) is 0 Å². The summed E-state index contributed by atoms with van der Waals surface area (Å²) in [5.74, 6) is 2.14. The molecule has 3 rings (SSSR count). The molecule has 1 heterocycles. The quantitative estimate of drug-likeness (QED) is 0.692. The molecule has 25 heavy (non-hydrogen) atoms. The molecule has 0 saturated heterocycles. The Morgan fingerprint density at radius 2 is 2.08 bits per heavy atom. The number of urea groups is 1. The van der Waals surface area contributed by atoms with Crippen LogP contribution in [0.15, 0.2) is 41.6 Å². The molecule has 1 aromatic carbocycles. The number of carbonyl (C=O) groups is 1. The van der Waals surface area contributed by atoms with E-state index in [2.05, 4.69) is 39.2 Å². The zero-order valence-electron chi connectivity index (χ0n) is 14.9. The topological polar surface area (TPSA) is 59.0 Å². The molecule has 0 unspecified atom stereocenters. The first kappa shape index (κ1) is 17.9. The van der Waals surface area contributed by atoms with Gasteiger partial charge in [0.1, 0.15) is 5.82 Å². The third-order valence-corrected chi connectivity index (χ3v) is 5.81. The van der Waals surface area contributed by atoms with Crippen LogP contribution >= 0.6 is 11.8 Å². The standard InChI is InChI=1S/C19H26N4OS/c1-3-12-25-17-6-4-16(5-7-17)22-18(24)21-13-19(8-9-19)14-23-11-10-20-15(23)2/h4-7,10-11H,3,8-9,12-14H2,1-2H3,(H2,21,22,24). The van der Waals surface area contributed by atoms with Crippen LogP contribution in [-0.2, 0) is 6.54 Å². The van der Waals surface area contributed by atoms with Gasteiger partial charge in [-0.15, -0.1) is 11.8 Å². The van der Waals surface area contributed by atoms with Crippen molar-refractivity contribution in [2.24, 2.45) is 5.41 Å².